The van der Waals surface area contributed by atoms with Crippen molar-refractivity contribution in [1.29, 1.82) is 0 Å². The van der Waals surface area contributed by atoms with Crippen LogP contribution in [0.5, 0.6) is 0 Å². The summed E-state index contributed by atoms with van der Waals surface area (Å²) in [6.45, 7) is 10.2. The monoisotopic (exact) mass is 387 g/mol. The van der Waals surface area contributed by atoms with Crippen LogP contribution in [0.1, 0.15) is 44.9 Å². The van der Waals surface area contributed by atoms with Gasteiger partial charge in [0, 0.05) is 17.1 Å². The molecule has 29 heavy (non-hydrogen) atoms. The van der Waals surface area contributed by atoms with E-state index in [2.05, 4.69) is 97.7 Å². The Morgan fingerprint density at radius 1 is 0.966 bits per heavy atom. The SMILES string of the molecule is CCN(CC)CCCC(C)Nc1cc(C=Cc2ccccc2)nc2ccccc12. The Kier molecular flexibility index (Phi) is 7.83. The van der Waals surface area contributed by atoms with E-state index in [1.807, 2.05) is 6.07 Å². The molecule has 1 N–H and O–H groups in total. The Bertz CT molecular complexity index is 914. The minimum absolute atomic E-state index is 0.419. The Morgan fingerprint density at radius 2 is 1.69 bits per heavy atom. The maximum absolute atomic E-state index is 4.83. The summed E-state index contributed by atoms with van der Waals surface area (Å²) in [6.07, 6.45) is 6.58. The van der Waals surface area contributed by atoms with Crippen LogP contribution in [-0.2, 0) is 0 Å². The van der Waals surface area contributed by atoms with E-state index in [4.69, 9.17) is 4.98 Å². The Morgan fingerprint density at radius 3 is 2.45 bits per heavy atom. The van der Waals surface area contributed by atoms with Crippen molar-refractivity contribution in [2.75, 3.05) is 25.0 Å². The van der Waals surface area contributed by atoms with Crippen LogP contribution in [-0.4, -0.2) is 35.6 Å². The molecule has 152 valence electrons. The number of nitrogens with one attached hydrogen (secondary N) is 1. The highest BCUT2D eigenvalue weighted by molar-refractivity contribution is 5.93. The molecule has 0 aliphatic rings. The highest BCUT2D eigenvalue weighted by Gasteiger charge is 2.09. The first-order chi connectivity index (χ1) is 14.2. The summed E-state index contributed by atoms with van der Waals surface area (Å²) in [5, 5.41) is 4.92. The molecule has 0 fully saturated rings. The van der Waals surface area contributed by atoms with Gasteiger partial charge in [-0.2, -0.15) is 0 Å². The number of pyridine rings is 1. The smallest absolute Gasteiger partial charge is 0.0730 e. The summed E-state index contributed by atoms with van der Waals surface area (Å²) in [7, 11) is 0. The molecule has 3 rings (SSSR count). The summed E-state index contributed by atoms with van der Waals surface area (Å²) in [6, 6.07) is 21.3. The first kappa shape index (κ1) is 21.1. The van der Waals surface area contributed by atoms with E-state index in [-0.39, 0.29) is 0 Å². The maximum atomic E-state index is 4.83. The average Bonchev–Trinajstić information content (AvgIpc) is 2.76. The van der Waals surface area contributed by atoms with Crippen LogP contribution in [0.25, 0.3) is 23.1 Å². The van der Waals surface area contributed by atoms with E-state index in [1.165, 1.54) is 29.6 Å². The minimum atomic E-state index is 0.419. The van der Waals surface area contributed by atoms with Crippen molar-refractivity contribution >= 4 is 28.7 Å². The van der Waals surface area contributed by atoms with Gasteiger partial charge >= 0.3 is 0 Å². The maximum Gasteiger partial charge on any atom is 0.0730 e. The molecule has 3 aromatic rings. The molecule has 3 nitrogen and oxygen atoms in total. The van der Waals surface area contributed by atoms with Gasteiger partial charge in [0.05, 0.1) is 11.2 Å². The summed E-state index contributed by atoms with van der Waals surface area (Å²) in [5.74, 6) is 0. The fourth-order valence-corrected chi connectivity index (χ4v) is 3.64. The fraction of sp³-hybridized carbons (Fsp3) is 0.346. The molecule has 0 aliphatic carbocycles. The molecular formula is C26H33N3. The van der Waals surface area contributed by atoms with Crippen LogP contribution in [0, 0.1) is 0 Å². The molecule has 1 heterocycles. The van der Waals surface area contributed by atoms with Gasteiger partial charge in [0.25, 0.3) is 0 Å². The van der Waals surface area contributed by atoms with Crippen LogP contribution < -0.4 is 5.32 Å². The second kappa shape index (κ2) is 10.8. The molecule has 2 aromatic carbocycles. The zero-order chi connectivity index (χ0) is 20.5. The fourth-order valence-electron chi connectivity index (χ4n) is 3.64. The molecule has 0 saturated heterocycles. The van der Waals surface area contributed by atoms with E-state index in [0.29, 0.717) is 6.04 Å². The first-order valence-electron chi connectivity index (χ1n) is 10.8. The molecule has 0 aliphatic heterocycles. The van der Waals surface area contributed by atoms with Crippen LogP contribution in [0.3, 0.4) is 0 Å². The van der Waals surface area contributed by atoms with Crippen molar-refractivity contribution in [3.8, 4) is 0 Å². The molecule has 0 radical (unpaired) electrons. The van der Waals surface area contributed by atoms with Gasteiger partial charge < -0.3 is 10.2 Å². The third-order valence-corrected chi connectivity index (χ3v) is 5.39. The van der Waals surface area contributed by atoms with Gasteiger partial charge in [0.2, 0.25) is 0 Å². The molecule has 1 atom stereocenters. The lowest BCUT2D eigenvalue weighted by molar-refractivity contribution is 0.295. The van der Waals surface area contributed by atoms with Crippen molar-refractivity contribution in [3.63, 3.8) is 0 Å². The number of rotatable bonds is 10. The molecular weight excluding hydrogens is 354 g/mol. The van der Waals surface area contributed by atoms with Crippen LogP contribution >= 0.6 is 0 Å². The van der Waals surface area contributed by atoms with Gasteiger partial charge in [-0.15, -0.1) is 0 Å². The predicted octanol–water partition coefficient (Wildman–Crippen LogP) is 6.33. The first-order valence-corrected chi connectivity index (χ1v) is 10.8. The Hall–Kier alpha value is -2.65. The second-order valence-electron chi connectivity index (χ2n) is 7.57. The standard InChI is InChI=1S/C26H33N3/c1-4-29(5-2)19-11-12-21(3)27-26-20-23(18-17-22-13-7-6-8-14-22)28-25-16-10-9-15-24(25)26/h6-10,13-18,20-21H,4-5,11-12,19H2,1-3H3,(H,27,28). The third-order valence-electron chi connectivity index (χ3n) is 5.39. The molecule has 3 heteroatoms. The topological polar surface area (TPSA) is 28.2 Å². The molecule has 1 aromatic heterocycles. The van der Waals surface area contributed by atoms with Gasteiger partial charge in [-0.1, -0.05) is 68.5 Å². The number of fused-ring (bicyclic) bond motifs is 1. The summed E-state index contributed by atoms with van der Waals surface area (Å²) < 4.78 is 0. The van der Waals surface area contributed by atoms with Crippen molar-refractivity contribution in [2.45, 2.75) is 39.7 Å². The summed E-state index contributed by atoms with van der Waals surface area (Å²) in [5.41, 5.74) is 4.35. The van der Waals surface area contributed by atoms with Gasteiger partial charge in [-0.3, -0.25) is 0 Å². The lowest BCUT2D eigenvalue weighted by atomic mass is 10.1. The number of nitrogens with zero attached hydrogens (tertiary/aromatic N) is 2. The van der Waals surface area contributed by atoms with Crippen molar-refractivity contribution in [3.05, 3.63) is 71.9 Å². The van der Waals surface area contributed by atoms with E-state index >= 15 is 0 Å². The Labute approximate surface area is 175 Å². The van der Waals surface area contributed by atoms with Crippen molar-refractivity contribution in [2.24, 2.45) is 0 Å². The highest BCUT2D eigenvalue weighted by Crippen LogP contribution is 2.25. The van der Waals surface area contributed by atoms with Gasteiger partial charge in [0.1, 0.15) is 0 Å². The van der Waals surface area contributed by atoms with E-state index in [0.717, 1.165) is 30.7 Å². The zero-order valence-corrected chi connectivity index (χ0v) is 17.9. The molecule has 0 saturated carbocycles. The minimum Gasteiger partial charge on any atom is -0.382 e. The number of para-hydroxylation sites is 1. The number of hydrogen-bond acceptors (Lipinski definition) is 3. The van der Waals surface area contributed by atoms with E-state index in [1.54, 1.807) is 0 Å². The van der Waals surface area contributed by atoms with E-state index in [9.17, 15) is 0 Å². The molecule has 0 bridgehead atoms. The highest BCUT2D eigenvalue weighted by atomic mass is 15.1. The lowest BCUT2D eigenvalue weighted by Gasteiger charge is -2.21. The average molecular weight is 388 g/mol. The lowest BCUT2D eigenvalue weighted by Crippen LogP contribution is -2.25. The molecule has 0 spiro atoms. The van der Waals surface area contributed by atoms with Gasteiger partial charge in [-0.25, -0.2) is 4.98 Å². The summed E-state index contributed by atoms with van der Waals surface area (Å²) in [4.78, 5) is 7.32. The largest absolute Gasteiger partial charge is 0.382 e. The number of aromatic nitrogens is 1. The number of anilines is 1. The van der Waals surface area contributed by atoms with Crippen molar-refractivity contribution in [1.82, 2.24) is 9.88 Å². The number of benzene rings is 2. The predicted molar refractivity (Wildman–Crippen MR) is 127 cm³/mol. The molecule has 1 unspecified atom stereocenters. The molecule has 0 amide bonds. The van der Waals surface area contributed by atoms with Crippen LogP contribution in [0.4, 0.5) is 5.69 Å². The van der Waals surface area contributed by atoms with Crippen LogP contribution in [0.15, 0.2) is 60.7 Å². The Balaban J connectivity index is 1.74. The normalized spacial score (nSPS) is 12.7. The van der Waals surface area contributed by atoms with Gasteiger partial charge in [0.15, 0.2) is 0 Å². The second-order valence-corrected chi connectivity index (χ2v) is 7.57. The van der Waals surface area contributed by atoms with E-state index < -0.39 is 0 Å². The van der Waals surface area contributed by atoms with Crippen molar-refractivity contribution < 1.29 is 0 Å². The number of hydrogen-bond donors (Lipinski definition) is 1. The quantitative estimate of drug-likeness (QED) is 0.441. The van der Waals surface area contributed by atoms with Crippen LogP contribution in [0.2, 0.25) is 0 Å². The van der Waals surface area contributed by atoms with Gasteiger partial charge in [-0.05, 0) is 63.2 Å². The summed E-state index contributed by atoms with van der Waals surface area (Å²) >= 11 is 0. The zero-order valence-electron chi connectivity index (χ0n) is 17.9. The third kappa shape index (κ3) is 6.16.